The van der Waals surface area contributed by atoms with Gasteiger partial charge in [-0.25, -0.2) is 4.98 Å². The van der Waals surface area contributed by atoms with E-state index in [1.165, 1.54) is 29.1 Å². The first-order valence-corrected chi connectivity index (χ1v) is 10.7. The Morgan fingerprint density at radius 1 is 1.15 bits per heavy atom. The highest BCUT2D eigenvalue weighted by atomic mass is 35.5. The molecule has 12 heteroatoms. The zero-order valence-corrected chi connectivity index (χ0v) is 18.7. The highest BCUT2D eigenvalue weighted by Gasteiger charge is 2.33. The number of nitrogens with one attached hydrogen (secondary N) is 3. The Morgan fingerprint density at radius 2 is 2.00 bits per heavy atom. The second-order valence-electron chi connectivity index (χ2n) is 7.20. The molecule has 33 heavy (non-hydrogen) atoms. The first kappa shape index (κ1) is 23.1. The largest absolute Gasteiger partial charge is 0.359 e. The minimum absolute atomic E-state index is 0.0980. The third-order valence-electron chi connectivity index (χ3n) is 4.93. The van der Waals surface area contributed by atoms with Crippen LogP contribution in [0, 0.1) is 0 Å². The summed E-state index contributed by atoms with van der Waals surface area (Å²) in [5, 5.41) is 14.4. The minimum Gasteiger partial charge on any atom is -0.359 e. The van der Waals surface area contributed by atoms with Gasteiger partial charge in [0.2, 0.25) is 0 Å². The van der Waals surface area contributed by atoms with Crippen LogP contribution in [0.5, 0.6) is 0 Å². The van der Waals surface area contributed by atoms with Crippen LogP contribution in [0.1, 0.15) is 11.4 Å². The summed E-state index contributed by atoms with van der Waals surface area (Å²) in [5.74, 6) is -3.50. The number of H-pyrrole nitrogens is 1. The fourth-order valence-electron chi connectivity index (χ4n) is 3.23. The summed E-state index contributed by atoms with van der Waals surface area (Å²) < 4.78 is 30.0. The first-order valence-electron chi connectivity index (χ1n) is 9.97. The molecule has 0 atom stereocenters. The fourth-order valence-corrected chi connectivity index (χ4v) is 3.62. The van der Waals surface area contributed by atoms with Crippen LogP contribution in [0.2, 0.25) is 10.2 Å². The van der Waals surface area contributed by atoms with Crippen LogP contribution in [0.15, 0.2) is 53.6 Å². The molecule has 0 aliphatic carbocycles. The highest BCUT2D eigenvalue weighted by Crippen LogP contribution is 2.26. The maximum atomic E-state index is 14.4. The standard InChI is InChI=1S/C21H19Cl2F2N7O/c22-13-4-5-15-14(9-13)16(31-30-15)10-26-7-8-32-18(23)11-28-19(20(32)33)29-12-21(24,25)17-3-1-2-6-27-17/h1-6,9,11,26H,7-8,10,12H2,(H,28,29)(H,30,31). The molecular formula is C21H19Cl2F2N7O. The van der Waals surface area contributed by atoms with E-state index in [1.54, 1.807) is 12.1 Å². The first-order chi connectivity index (χ1) is 15.8. The van der Waals surface area contributed by atoms with Crippen molar-refractivity contribution in [2.75, 3.05) is 18.4 Å². The number of rotatable bonds is 9. The molecule has 0 aliphatic rings. The summed E-state index contributed by atoms with van der Waals surface area (Å²) in [7, 11) is 0. The lowest BCUT2D eigenvalue weighted by Gasteiger charge is -2.17. The molecule has 4 rings (SSSR count). The van der Waals surface area contributed by atoms with Gasteiger partial charge in [-0.2, -0.15) is 13.9 Å². The molecule has 172 valence electrons. The summed E-state index contributed by atoms with van der Waals surface area (Å²) >= 11 is 12.2. The van der Waals surface area contributed by atoms with E-state index in [1.807, 2.05) is 12.1 Å². The molecule has 3 heterocycles. The molecule has 0 spiro atoms. The van der Waals surface area contributed by atoms with Gasteiger partial charge in [-0.15, -0.1) is 0 Å². The number of aromatic amines is 1. The van der Waals surface area contributed by atoms with Crippen LogP contribution in [0.4, 0.5) is 14.6 Å². The van der Waals surface area contributed by atoms with Crippen molar-refractivity contribution in [1.82, 2.24) is 30.0 Å². The molecule has 0 aliphatic heterocycles. The maximum absolute atomic E-state index is 14.4. The van der Waals surface area contributed by atoms with Crippen molar-refractivity contribution in [3.8, 4) is 0 Å². The quantitative estimate of drug-likeness (QED) is 0.306. The Hall–Kier alpha value is -3.08. The molecule has 0 amide bonds. The lowest BCUT2D eigenvalue weighted by molar-refractivity contribution is 0.00588. The van der Waals surface area contributed by atoms with Crippen molar-refractivity contribution in [2.45, 2.75) is 19.0 Å². The van der Waals surface area contributed by atoms with Gasteiger partial charge in [0.25, 0.3) is 5.56 Å². The number of aromatic nitrogens is 5. The van der Waals surface area contributed by atoms with Gasteiger partial charge < -0.3 is 10.6 Å². The molecule has 1 aromatic carbocycles. The number of fused-ring (bicyclic) bond motifs is 1. The van der Waals surface area contributed by atoms with Gasteiger partial charge in [0.05, 0.1) is 24.0 Å². The van der Waals surface area contributed by atoms with Crippen LogP contribution >= 0.6 is 23.2 Å². The van der Waals surface area contributed by atoms with Crippen LogP contribution in [0.25, 0.3) is 10.9 Å². The van der Waals surface area contributed by atoms with Gasteiger partial charge in [-0.1, -0.05) is 29.3 Å². The fraction of sp³-hybridized carbons (Fsp3) is 0.238. The van der Waals surface area contributed by atoms with Crippen molar-refractivity contribution in [1.29, 1.82) is 0 Å². The van der Waals surface area contributed by atoms with Gasteiger partial charge >= 0.3 is 5.92 Å². The average Bonchev–Trinajstić information content (AvgIpc) is 3.20. The molecule has 3 aromatic heterocycles. The third-order valence-corrected chi connectivity index (χ3v) is 5.47. The van der Waals surface area contributed by atoms with Crippen molar-refractivity contribution < 1.29 is 8.78 Å². The molecule has 4 aromatic rings. The van der Waals surface area contributed by atoms with E-state index >= 15 is 0 Å². The summed E-state index contributed by atoms with van der Waals surface area (Å²) in [5.41, 5.74) is 0.642. The predicted octanol–water partition coefficient (Wildman–Crippen LogP) is 3.82. The molecule has 0 bridgehead atoms. The Bertz CT molecular complexity index is 1310. The molecular weight excluding hydrogens is 475 g/mol. The van der Waals surface area contributed by atoms with Crippen molar-refractivity contribution in [3.63, 3.8) is 0 Å². The number of halogens is 4. The second-order valence-corrected chi connectivity index (χ2v) is 8.02. The molecule has 3 N–H and O–H groups in total. The molecule has 0 unspecified atom stereocenters. The van der Waals surface area contributed by atoms with Crippen LogP contribution in [-0.4, -0.2) is 37.8 Å². The molecule has 0 radical (unpaired) electrons. The highest BCUT2D eigenvalue weighted by molar-refractivity contribution is 6.31. The number of alkyl halides is 2. The zero-order valence-electron chi connectivity index (χ0n) is 17.2. The SMILES string of the molecule is O=c1c(NCC(F)(F)c2ccccn2)ncc(Cl)n1CCNCc1n[nH]c2ccc(Cl)cc12. The van der Waals surface area contributed by atoms with Crippen molar-refractivity contribution >= 4 is 39.9 Å². The normalized spacial score (nSPS) is 11.8. The van der Waals surface area contributed by atoms with E-state index < -0.39 is 23.7 Å². The van der Waals surface area contributed by atoms with Gasteiger partial charge in [0.1, 0.15) is 10.8 Å². The number of benzene rings is 1. The number of hydrogen-bond acceptors (Lipinski definition) is 6. The molecule has 0 saturated carbocycles. The van der Waals surface area contributed by atoms with E-state index in [0.29, 0.717) is 18.1 Å². The number of anilines is 1. The van der Waals surface area contributed by atoms with E-state index in [9.17, 15) is 13.6 Å². The number of nitrogens with zero attached hydrogens (tertiary/aromatic N) is 4. The predicted molar refractivity (Wildman–Crippen MR) is 123 cm³/mol. The van der Waals surface area contributed by atoms with Gasteiger partial charge in [0.15, 0.2) is 5.82 Å². The van der Waals surface area contributed by atoms with Crippen molar-refractivity contribution in [2.24, 2.45) is 0 Å². The van der Waals surface area contributed by atoms with Crippen LogP contribution in [-0.2, 0) is 19.0 Å². The van der Waals surface area contributed by atoms with Gasteiger partial charge in [-0.05, 0) is 30.3 Å². The van der Waals surface area contributed by atoms with E-state index in [2.05, 4.69) is 30.8 Å². The summed E-state index contributed by atoms with van der Waals surface area (Å²) in [6.45, 7) is 0.177. The number of pyridine rings is 1. The van der Waals surface area contributed by atoms with E-state index in [4.69, 9.17) is 23.2 Å². The minimum atomic E-state index is -3.28. The van der Waals surface area contributed by atoms with Crippen LogP contribution < -0.4 is 16.2 Å². The Morgan fingerprint density at radius 3 is 2.79 bits per heavy atom. The molecule has 8 nitrogen and oxygen atoms in total. The zero-order chi connectivity index (χ0) is 23.4. The van der Waals surface area contributed by atoms with Gasteiger partial charge in [-0.3, -0.25) is 19.4 Å². The third kappa shape index (κ3) is 5.29. The maximum Gasteiger partial charge on any atom is 0.306 e. The molecule has 0 fully saturated rings. The smallest absolute Gasteiger partial charge is 0.306 e. The number of hydrogen-bond donors (Lipinski definition) is 3. The van der Waals surface area contributed by atoms with Crippen LogP contribution in [0.3, 0.4) is 0 Å². The summed E-state index contributed by atoms with van der Waals surface area (Å²) in [6.07, 6.45) is 2.53. The van der Waals surface area contributed by atoms with Crippen molar-refractivity contribution in [3.05, 3.63) is 80.7 Å². The van der Waals surface area contributed by atoms with Gasteiger partial charge in [0, 0.05) is 36.2 Å². The Kier molecular flexibility index (Phi) is 6.87. The lowest BCUT2D eigenvalue weighted by Crippen LogP contribution is -2.33. The van der Waals surface area contributed by atoms with E-state index in [-0.39, 0.29) is 17.5 Å². The average molecular weight is 494 g/mol. The summed E-state index contributed by atoms with van der Waals surface area (Å²) in [4.78, 5) is 20.3. The lowest BCUT2D eigenvalue weighted by atomic mass is 10.2. The summed E-state index contributed by atoms with van der Waals surface area (Å²) in [6, 6.07) is 9.67. The Labute approximate surface area is 197 Å². The monoisotopic (exact) mass is 493 g/mol. The molecule has 0 saturated heterocycles. The second kappa shape index (κ2) is 9.82. The van der Waals surface area contributed by atoms with E-state index in [0.717, 1.165) is 16.6 Å². The topological polar surface area (TPSA) is 101 Å². The Balaban J connectivity index is 1.38.